The Balaban J connectivity index is 2.70. The summed E-state index contributed by atoms with van der Waals surface area (Å²) in [5, 5.41) is 24.4. The smallest absolute Gasteiger partial charge is 0.500 e. The van der Waals surface area contributed by atoms with E-state index in [0.717, 1.165) is 11.1 Å². The van der Waals surface area contributed by atoms with Gasteiger partial charge in [0.1, 0.15) is 23.0 Å². The number of benzene rings is 2. The number of phenolic OH excluding ortho intramolecular Hbond substituents is 2. The standard InChI is InChI=1S/C48H90O15Si4/c1-13-51-64(52-14-2,53-15-3)37-25-29-41-33-35-45(43(47(41)49)31-27-39-66(57-19-7,58-20-8)59-21-9)63-46-36-34-42(30-26-38-65(54-16-4,55-17-5)56-18-6)48(50)44(46)32-28-40-67(60-22-10,61-23-11)62-24-12/h33-36,49-50H,13-32,37-40H2,1-12H3. The third kappa shape index (κ3) is 19.7. The number of aryl methyl sites for hydroxylation is 2. The largest absolute Gasteiger partial charge is 0.507 e. The van der Waals surface area contributed by atoms with Crippen molar-refractivity contribution in [1.82, 2.24) is 0 Å². The summed E-state index contributed by atoms with van der Waals surface area (Å²) in [5.41, 5.74) is 2.88. The highest BCUT2D eigenvalue weighted by atomic mass is 28.4. The Morgan fingerprint density at radius 3 is 0.731 bits per heavy atom. The zero-order valence-corrected chi connectivity index (χ0v) is 47.5. The summed E-state index contributed by atoms with van der Waals surface area (Å²) in [6.07, 6.45) is 4.66. The Bertz CT molecular complexity index is 1440. The van der Waals surface area contributed by atoms with E-state index < -0.39 is 35.2 Å². The topological polar surface area (TPSA) is 160 Å². The lowest BCUT2D eigenvalue weighted by atomic mass is 9.99. The number of phenols is 2. The molecule has 2 aromatic carbocycles. The average molecular weight is 1020 g/mol. The Hall–Kier alpha value is -1.77. The van der Waals surface area contributed by atoms with Crippen molar-refractivity contribution >= 4 is 35.2 Å². The molecule has 0 aliphatic carbocycles. The Morgan fingerprint density at radius 2 is 0.522 bits per heavy atom. The summed E-state index contributed by atoms with van der Waals surface area (Å²) in [5.74, 6) is 1.32. The van der Waals surface area contributed by atoms with Crippen LogP contribution in [0.3, 0.4) is 0 Å². The van der Waals surface area contributed by atoms with E-state index in [4.69, 9.17) is 57.8 Å². The average Bonchev–Trinajstić information content (AvgIpc) is 3.28. The van der Waals surface area contributed by atoms with E-state index in [1.165, 1.54) is 0 Å². The second kappa shape index (κ2) is 33.7. The molecule has 0 aromatic heterocycles. The molecule has 0 unspecified atom stereocenters. The molecule has 19 heteroatoms. The summed E-state index contributed by atoms with van der Waals surface area (Å²) < 4.78 is 80.9. The molecule has 67 heavy (non-hydrogen) atoms. The molecule has 0 radical (unpaired) electrons. The van der Waals surface area contributed by atoms with Crippen LogP contribution < -0.4 is 4.74 Å². The second-order valence-electron chi connectivity index (χ2n) is 15.5. The van der Waals surface area contributed by atoms with Crippen LogP contribution in [0.25, 0.3) is 0 Å². The number of aromatic hydroxyl groups is 2. The van der Waals surface area contributed by atoms with Gasteiger partial charge in [-0.25, -0.2) is 0 Å². The van der Waals surface area contributed by atoms with Gasteiger partial charge >= 0.3 is 35.2 Å². The minimum absolute atomic E-state index is 0.166. The van der Waals surface area contributed by atoms with Gasteiger partial charge in [0.15, 0.2) is 0 Å². The molecule has 0 atom stereocenters. The molecule has 0 spiro atoms. The van der Waals surface area contributed by atoms with Crippen molar-refractivity contribution in [2.75, 3.05) is 79.3 Å². The van der Waals surface area contributed by atoms with E-state index in [1.54, 1.807) is 0 Å². The first-order chi connectivity index (χ1) is 32.4. The number of hydrogen-bond donors (Lipinski definition) is 2. The monoisotopic (exact) mass is 1020 g/mol. The predicted molar refractivity (Wildman–Crippen MR) is 271 cm³/mol. The van der Waals surface area contributed by atoms with Gasteiger partial charge in [0.25, 0.3) is 0 Å². The molecule has 15 nitrogen and oxygen atoms in total. The van der Waals surface area contributed by atoms with E-state index >= 15 is 0 Å². The summed E-state index contributed by atoms with van der Waals surface area (Å²) in [4.78, 5) is 0. The highest BCUT2D eigenvalue weighted by molar-refractivity contribution is 6.61. The molecule has 2 aromatic rings. The van der Waals surface area contributed by atoms with Crippen LogP contribution in [-0.4, -0.2) is 125 Å². The second-order valence-corrected chi connectivity index (χ2v) is 26.5. The van der Waals surface area contributed by atoms with Crippen LogP contribution in [0, 0.1) is 0 Å². The van der Waals surface area contributed by atoms with E-state index in [1.807, 2.05) is 107 Å². The summed E-state index contributed by atoms with van der Waals surface area (Å²) >= 11 is 0. The molecule has 2 N–H and O–H groups in total. The van der Waals surface area contributed by atoms with E-state index in [2.05, 4.69) is 0 Å². The molecule has 0 saturated heterocycles. The fraction of sp³-hybridized carbons (Fsp3) is 0.750. The quantitative estimate of drug-likeness (QED) is 0.0604. The van der Waals surface area contributed by atoms with Crippen molar-refractivity contribution in [2.45, 2.75) is 159 Å². The summed E-state index contributed by atoms with van der Waals surface area (Å²) in [6.45, 7) is 29.2. The molecule has 2 rings (SSSR count). The highest BCUT2D eigenvalue weighted by Crippen LogP contribution is 2.42. The molecule has 0 bridgehead atoms. The molecular weight excluding hydrogens is 929 g/mol. The summed E-state index contributed by atoms with van der Waals surface area (Å²) in [6, 6.07) is 10.0. The Morgan fingerprint density at radius 1 is 0.313 bits per heavy atom. The van der Waals surface area contributed by atoms with Crippen LogP contribution in [0.4, 0.5) is 0 Å². The van der Waals surface area contributed by atoms with Crippen LogP contribution in [0.5, 0.6) is 23.0 Å². The number of rotatable bonds is 42. The molecular formula is C48H90O15Si4. The minimum atomic E-state index is -2.99. The third-order valence-electron chi connectivity index (χ3n) is 10.9. The number of hydrogen-bond acceptors (Lipinski definition) is 15. The van der Waals surface area contributed by atoms with Crippen LogP contribution in [0.2, 0.25) is 24.2 Å². The van der Waals surface area contributed by atoms with Crippen molar-refractivity contribution in [3.05, 3.63) is 46.5 Å². The van der Waals surface area contributed by atoms with E-state index in [-0.39, 0.29) is 11.5 Å². The van der Waals surface area contributed by atoms with Crippen molar-refractivity contribution in [2.24, 2.45) is 0 Å². The Labute approximate surface area is 409 Å². The lowest BCUT2D eigenvalue weighted by Crippen LogP contribution is -2.46. The van der Waals surface area contributed by atoms with Crippen molar-refractivity contribution in [3.8, 4) is 23.0 Å². The maximum Gasteiger partial charge on any atom is 0.500 e. The van der Waals surface area contributed by atoms with Crippen LogP contribution in [-0.2, 0) is 78.8 Å². The molecule has 0 aliphatic rings. The molecule has 0 saturated carbocycles. The van der Waals surface area contributed by atoms with Gasteiger partial charge in [-0.2, -0.15) is 0 Å². The lowest BCUT2D eigenvalue weighted by Gasteiger charge is -2.29. The van der Waals surface area contributed by atoms with Crippen molar-refractivity contribution < 1.29 is 68.1 Å². The SMILES string of the molecule is CCO[Si](CCCc1ccc(Oc2ccc(CCC[Si](OCC)(OCC)OCC)c(O)c2CCC[Si](OCC)(OCC)OCC)c(CCC[Si](OCC)(OCC)OCC)c1O)(OCC)OCC. The zero-order valence-electron chi connectivity index (χ0n) is 43.5. The maximum atomic E-state index is 12.2. The van der Waals surface area contributed by atoms with Crippen LogP contribution in [0.1, 0.15) is 131 Å². The molecule has 388 valence electrons. The van der Waals surface area contributed by atoms with Crippen LogP contribution in [0.15, 0.2) is 24.3 Å². The first kappa shape index (κ1) is 61.3. The predicted octanol–water partition coefficient (Wildman–Crippen LogP) is 10.8. The highest BCUT2D eigenvalue weighted by Gasteiger charge is 2.43. The number of ether oxygens (including phenoxy) is 1. The van der Waals surface area contributed by atoms with Gasteiger partial charge < -0.3 is 68.1 Å². The van der Waals surface area contributed by atoms with Gasteiger partial charge in [0.2, 0.25) is 0 Å². The minimum Gasteiger partial charge on any atom is -0.507 e. The van der Waals surface area contributed by atoms with Gasteiger partial charge in [-0.3, -0.25) is 0 Å². The zero-order chi connectivity index (χ0) is 49.6. The van der Waals surface area contributed by atoms with Gasteiger partial charge in [-0.15, -0.1) is 0 Å². The maximum absolute atomic E-state index is 12.2. The van der Waals surface area contributed by atoms with Gasteiger partial charge in [-0.05, 0) is 158 Å². The van der Waals surface area contributed by atoms with Gasteiger partial charge in [-0.1, -0.05) is 12.1 Å². The van der Waals surface area contributed by atoms with Crippen LogP contribution >= 0.6 is 0 Å². The lowest BCUT2D eigenvalue weighted by molar-refractivity contribution is 0.0700. The molecule has 0 heterocycles. The van der Waals surface area contributed by atoms with Crippen molar-refractivity contribution in [3.63, 3.8) is 0 Å². The van der Waals surface area contributed by atoms with Crippen molar-refractivity contribution in [1.29, 1.82) is 0 Å². The first-order valence-electron chi connectivity index (χ1n) is 25.4. The fourth-order valence-corrected chi connectivity index (χ4v) is 18.9. The molecule has 0 aliphatic heterocycles. The normalized spacial score (nSPS) is 12.7. The third-order valence-corrected chi connectivity index (χ3v) is 23.5. The van der Waals surface area contributed by atoms with E-state index in [9.17, 15) is 10.2 Å². The van der Waals surface area contributed by atoms with E-state index in [0.29, 0.717) is 177 Å². The fourth-order valence-electron chi connectivity index (χ4n) is 8.49. The van der Waals surface area contributed by atoms with Gasteiger partial charge in [0, 0.05) is 115 Å². The Kier molecular flexibility index (Phi) is 30.9. The summed E-state index contributed by atoms with van der Waals surface area (Å²) in [7, 11) is -11.8. The van der Waals surface area contributed by atoms with Gasteiger partial charge in [0.05, 0.1) is 0 Å². The first-order valence-corrected chi connectivity index (χ1v) is 33.1. The molecule has 0 fully saturated rings. The molecule has 0 amide bonds.